The van der Waals surface area contributed by atoms with Crippen molar-refractivity contribution < 1.29 is 9.90 Å². The lowest BCUT2D eigenvalue weighted by atomic mass is 10.3. The van der Waals surface area contributed by atoms with Crippen LogP contribution in [0.25, 0.3) is 0 Å². The third kappa shape index (κ3) is 4.91. The lowest BCUT2D eigenvalue weighted by molar-refractivity contribution is -0.131. The van der Waals surface area contributed by atoms with Gasteiger partial charge in [-0.05, 0) is 18.9 Å². The Labute approximate surface area is 72.5 Å². The first-order valence-electron chi connectivity index (χ1n) is 4.39. The van der Waals surface area contributed by atoms with Crippen LogP contribution in [0.1, 0.15) is 19.3 Å². The second kappa shape index (κ2) is 4.93. The summed E-state index contributed by atoms with van der Waals surface area (Å²) in [4.78, 5) is 10.0. The maximum absolute atomic E-state index is 10.0. The molecule has 1 aliphatic carbocycles. The molecule has 0 spiro atoms. The quantitative estimate of drug-likeness (QED) is 0.461. The van der Waals surface area contributed by atoms with Crippen LogP contribution in [0, 0.1) is 5.92 Å². The molecule has 1 rings (SSSR count). The van der Waals surface area contributed by atoms with Gasteiger partial charge in [0.1, 0.15) is 0 Å². The molecule has 0 unspecified atom stereocenters. The summed E-state index contributed by atoms with van der Waals surface area (Å²) in [6.45, 7) is 1.67. The predicted octanol–water partition coefficient (Wildman–Crippen LogP) is 1.02. The topological polar surface area (TPSA) is 49.3 Å². The fourth-order valence-electron chi connectivity index (χ4n) is 1.06. The van der Waals surface area contributed by atoms with Gasteiger partial charge in [0.15, 0.2) is 0 Å². The van der Waals surface area contributed by atoms with E-state index < -0.39 is 5.97 Å². The van der Waals surface area contributed by atoms with E-state index >= 15 is 0 Å². The summed E-state index contributed by atoms with van der Waals surface area (Å²) in [6.07, 6.45) is 6.81. The van der Waals surface area contributed by atoms with E-state index in [9.17, 15) is 4.79 Å². The highest BCUT2D eigenvalue weighted by Gasteiger charge is 2.19. The van der Waals surface area contributed by atoms with Crippen molar-refractivity contribution in [2.75, 3.05) is 13.1 Å². The van der Waals surface area contributed by atoms with Crippen molar-refractivity contribution in [1.29, 1.82) is 0 Å². The van der Waals surface area contributed by atoms with Crippen LogP contribution in [0.15, 0.2) is 12.2 Å². The Kier molecular flexibility index (Phi) is 3.80. The molecule has 68 valence electrons. The van der Waals surface area contributed by atoms with Crippen LogP contribution in [0.3, 0.4) is 0 Å². The second-order valence-electron chi connectivity index (χ2n) is 3.18. The van der Waals surface area contributed by atoms with E-state index in [1.807, 2.05) is 0 Å². The standard InChI is InChI=1S/C9H15NO2/c11-9(12)2-1-6-10-7-5-8-3-4-8/h1-2,8,10H,3-7H2,(H,11,12)/b2-1+. The fraction of sp³-hybridized carbons (Fsp3) is 0.667. The van der Waals surface area contributed by atoms with Crippen molar-refractivity contribution in [2.24, 2.45) is 5.92 Å². The van der Waals surface area contributed by atoms with Crippen LogP contribution in [-0.2, 0) is 4.79 Å². The van der Waals surface area contributed by atoms with Crippen molar-refractivity contribution >= 4 is 5.97 Å². The van der Waals surface area contributed by atoms with Gasteiger partial charge in [-0.3, -0.25) is 0 Å². The van der Waals surface area contributed by atoms with Crippen molar-refractivity contribution in [3.8, 4) is 0 Å². The summed E-state index contributed by atoms with van der Waals surface area (Å²) < 4.78 is 0. The van der Waals surface area contributed by atoms with E-state index in [0.717, 1.165) is 12.5 Å². The summed E-state index contributed by atoms with van der Waals surface area (Å²) >= 11 is 0. The third-order valence-corrected chi connectivity index (χ3v) is 1.95. The third-order valence-electron chi connectivity index (χ3n) is 1.95. The first-order valence-corrected chi connectivity index (χ1v) is 4.39. The summed E-state index contributed by atoms with van der Waals surface area (Å²) in [5.74, 6) is 0.0694. The van der Waals surface area contributed by atoms with Gasteiger partial charge in [-0.25, -0.2) is 4.79 Å². The maximum atomic E-state index is 10.0. The Bertz CT molecular complexity index is 173. The molecule has 1 fully saturated rings. The molecule has 0 aromatic carbocycles. The van der Waals surface area contributed by atoms with Gasteiger partial charge in [-0.15, -0.1) is 0 Å². The molecule has 3 heteroatoms. The molecular weight excluding hydrogens is 154 g/mol. The largest absolute Gasteiger partial charge is 0.478 e. The minimum absolute atomic E-state index is 0.666. The SMILES string of the molecule is O=C(O)/C=C/CNCCC1CC1. The highest BCUT2D eigenvalue weighted by Crippen LogP contribution is 2.31. The molecule has 12 heavy (non-hydrogen) atoms. The molecule has 0 aliphatic heterocycles. The van der Waals surface area contributed by atoms with E-state index in [1.165, 1.54) is 25.3 Å². The number of carbonyl (C=O) groups is 1. The number of hydrogen-bond donors (Lipinski definition) is 2. The molecular formula is C9H15NO2. The normalized spacial score (nSPS) is 17.0. The Morgan fingerprint density at radius 1 is 1.58 bits per heavy atom. The van der Waals surface area contributed by atoms with Gasteiger partial charge in [-0.1, -0.05) is 18.9 Å². The highest BCUT2D eigenvalue weighted by molar-refractivity contribution is 5.79. The molecule has 0 radical (unpaired) electrons. The second-order valence-corrected chi connectivity index (χ2v) is 3.18. The lowest BCUT2D eigenvalue weighted by Crippen LogP contribution is -2.15. The minimum Gasteiger partial charge on any atom is -0.478 e. The Morgan fingerprint density at radius 2 is 2.33 bits per heavy atom. The fourth-order valence-corrected chi connectivity index (χ4v) is 1.06. The van der Waals surface area contributed by atoms with Crippen molar-refractivity contribution in [2.45, 2.75) is 19.3 Å². The minimum atomic E-state index is -0.876. The number of hydrogen-bond acceptors (Lipinski definition) is 2. The molecule has 0 aromatic rings. The van der Waals surface area contributed by atoms with Crippen LogP contribution in [0.2, 0.25) is 0 Å². The first kappa shape index (κ1) is 9.26. The average Bonchev–Trinajstić information content (AvgIpc) is 2.79. The zero-order valence-electron chi connectivity index (χ0n) is 7.12. The molecule has 1 aliphatic rings. The number of aliphatic carboxylic acids is 1. The van der Waals surface area contributed by atoms with E-state index in [4.69, 9.17) is 5.11 Å². The van der Waals surface area contributed by atoms with Crippen LogP contribution < -0.4 is 5.32 Å². The van der Waals surface area contributed by atoms with Crippen LogP contribution in [0.5, 0.6) is 0 Å². The number of nitrogens with one attached hydrogen (secondary N) is 1. The summed E-state index contributed by atoms with van der Waals surface area (Å²) in [6, 6.07) is 0. The molecule has 0 atom stereocenters. The maximum Gasteiger partial charge on any atom is 0.328 e. The first-order chi connectivity index (χ1) is 5.79. The molecule has 0 amide bonds. The Morgan fingerprint density at radius 3 is 2.92 bits per heavy atom. The van der Waals surface area contributed by atoms with Crippen LogP contribution in [0.4, 0.5) is 0 Å². The number of carboxylic acid groups (broad SMARTS) is 1. The zero-order chi connectivity index (χ0) is 8.81. The van der Waals surface area contributed by atoms with Crippen LogP contribution in [-0.4, -0.2) is 24.2 Å². The molecule has 3 nitrogen and oxygen atoms in total. The van der Waals surface area contributed by atoms with E-state index in [2.05, 4.69) is 5.32 Å². The van der Waals surface area contributed by atoms with E-state index in [1.54, 1.807) is 6.08 Å². The van der Waals surface area contributed by atoms with E-state index in [-0.39, 0.29) is 0 Å². The number of carboxylic acids is 1. The van der Waals surface area contributed by atoms with Gasteiger partial charge < -0.3 is 10.4 Å². The predicted molar refractivity (Wildman–Crippen MR) is 47.0 cm³/mol. The lowest BCUT2D eigenvalue weighted by Gasteiger charge is -1.98. The molecule has 2 N–H and O–H groups in total. The Hall–Kier alpha value is -0.830. The van der Waals surface area contributed by atoms with Gasteiger partial charge in [0.05, 0.1) is 0 Å². The zero-order valence-corrected chi connectivity index (χ0v) is 7.12. The number of rotatable bonds is 6. The van der Waals surface area contributed by atoms with Gasteiger partial charge >= 0.3 is 5.97 Å². The van der Waals surface area contributed by atoms with Gasteiger partial charge in [0.25, 0.3) is 0 Å². The molecule has 0 aromatic heterocycles. The average molecular weight is 169 g/mol. The Balaban J connectivity index is 1.84. The molecule has 0 saturated heterocycles. The highest BCUT2D eigenvalue weighted by atomic mass is 16.4. The molecule has 1 saturated carbocycles. The summed E-state index contributed by atoms with van der Waals surface area (Å²) in [7, 11) is 0. The van der Waals surface area contributed by atoms with Crippen molar-refractivity contribution in [1.82, 2.24) is 5.32 Å². The van der Waals surface area contributed by atoms with Gasteiger partial charge in [0.2, 0.25) is 0 Å². The summed E-state index contributed by atoms with van der Waals surface area (Å²) in [5.41, 5.74) is 0. The van der Waals surface area contributed by atoms with E-state index in [0.29, 0.717) is 6.54 Å². The summed E-state index contributed by atoms with van der Waals surface area (Å²) in [5, 5.41) is 11.4. The van der Waals surface area contributed by atoms with Crippen molar-refractivity contribution in [3.05, 3.63) is 12.2 Å². The van der Waals surface area contributed by atoms with Gasteiger partial charge in [0, 0.05) is 12.6 Å². The molecule has 0 heterocycles. The molecule has 0 bridgehead atoms. The monoisotopic (exact) mass is 169 g/mol. The van der Waals surface area contributed by atoms with Gasteiger partial charge in [-0.2, -0.15) is 0 Å². The smallest absolute Gasteiger partial charge is 0.328 e. The van der Waals surface area contributed by atoms with Crippen LogP contribution >= 0.6 is 0 Å². The van der Waals surface area contributed by atoms with Crippen molar-refractivity contribution in [3.63, 3.8) is 0 Å².